The van der Waals surface area contributed by atoms with Gasteiger partial charge in [0.1, 0.15) is 10.8 Å². The molecule has 3 aromatic rings. The van der Waals surface area contributed by atoms with E-state index < -0.39 is 0 Å². The topological polar surface area (TPSA) is 47.0 Å². The Morgan fingerprint density at radius 3 is 2.82 bits per heavy atom. The van der Waals surface area contributed by atoms with Gasteiger partial charge in [0.25, 0.3) is 0 Å². The lowest BCUT2D eigenvalue weighted by Crippen LogP contribution is -2.13. The lowest BCUT2D eigenvalue weighted by Gasteiger charge is -2.08. The fourth-order valence-corrected chi connectivity index (χ4v) is 3.06. The Balaban J connectivity index is 1.60. The van der Waals surface area contributed by atoms with Crippen LogP contribution in [0.3, 0.4) is 0 Å². The Bertz CT molecular complexity index is 728. The third-order valence-corrected chi connectivity index (χ3v) is 4.33. The minimum absolute atomic E-state index is 0.739. The summed E-state index contributed by atoms with van der Waals surface area (Å²) < 4.78 is 5.35. The maximum absolute atomic E-state index is 5.35. The van der Waals surface area contributed by atoms with Gasteiger partial charge in [-0.1, -0.05) is 24.3 Å². The second kappa shape index (κ2) is 7.15. The van der Waals surface area contributed by atoms with Crippen molar-refractivity contribution in [3.8, 4) is 16.2 Å². The molecule has 0 aliphatic heterocycles. The van der Waals surface area contributed by atoms with Crippen LogP contribution in [0.5, 0.6) is 5.75 Å². The molecule has 0 aliphatic rings. The molecule has 2 aromatic heterocycles. The first-order valence-corrected chi connectivity index (χ1v) is 7.86. The van der Waals surface area contributed by atoms with Gasteiger partial charge >= 0.3 is 0 Å². The first-order valence-electron chi connectivity index (χ1n) is 7.04. The van der Waals surface area contributed by atoms with Gasteiger partial charge in [0.05, 0.1) is 12.0 Å². The van der Waals surface area contributed by atoms with Crippen molar-refractivity contribution in [2.45, 2.75) is 13.1 Å². The first kappa shape index (κ1) is 14.7. The van der Waals surface area contributed by atoms with Crippen molar-refractivity contribution >= 4 is 11.3 Å². The molecule has 0 amide bonds. The number of nitrogens with one attached hydrogen (secondary N) is 1. The summed E-state index contributed by atoms with van der Waals surface area (Å²) in [6.07, 6.45) is 5.54. The van der Waals surface area contributed by atoms with Crippen molar-refractivity contribution in [1.29, 1.82) is 0 Å². The highest BCUT2D eigenvalue weighted by atomic mass is 32.1. The highest BCUT2D eigenvalue weighted by molar-refractivity contribution is 7.15. The predicted molar refractivity (Wildman–Crippen MR) is 88.9 cm³/mol. The number of aromatic nitrogens is 2. The van der Waals surface area contributed by atoms with E-state index in [0.29, 0.717) is 0 Å². The molecule has 112 valence electrons. The largest absolute Gasteiger partial charge is 0.496 e. The molecule has 0 fully saturated rings. The zero-order chi connectivity index (χ0) is 15.2. The zero-order valence-electron chi connectivity index (χ0n) is 12.3. The van der Waals surface area contributed by atoms with E-state index in [9.17, 15) is 0 Å². The summed E-state index contributed by atoms with van der Waals surface area (Å²) in [5.41, 5.74) is 2.25. The van der Waals surface area contributed by atoms with E-state index >= 15 is 0 Å². The van der Waals surface area contributed by atoms with Crippen molar-refractivity contribution in [2.75, 3.05) is 7.11 Å². The van der Waals surface area contributed by atoms with Crippen molar-refractivity contribution < 1.29 is 4.74 Å². The minimum Gasteiger partial charge on any atom is -0.496 e. The van der Waals surface area contributed by atoms with Crippen LogP contribution < -0.4 is 10.1 Å². The average molecular weight is 311 g/mol. The quantitative estimate of drug-likeness (QED) is 0.757. The molecule has 0 saturated carbocycles. The zero-order valence-corrected chi connectivity index (χ0v) is 13.1. The van der Waals surface area contributed by atoms with Crippen LogP contribution in [-0.4, -0.2) is 17.1 Å². The third-order valence-electron chi connectivity index (χ3n) is 3.28. The lowest BCUT2D eigenvalue weighted by atomic mass is 10.2. The summed E-state index contributed by atoms with van der Waals surface area (Å²) in [7, 11) is 1.69. The third kappa shape index (κ3) is 3.50. The van der Waals surface area contributed by atoms with E-state index in [1.165, 1.54) is 0 Å². The fourth-order valence-electron chi connectivity index (χ4n) is 2.19. The number of pyridine rings is 1. The smallest absolute Gasteiger partial charge is 0.123 e. The van der Waals surface area contributed by atoms with Gasteiger partial charge in [-0.3, -0.25) is 4.98 Å². The van der Waals surface area contributed by atoms with Crippen LogP contribution in [0.25, 0.3) is 10.4 Å². The number of ether oxygens (including phenoxy) is 1. The molecule has 0 bridgehead atoms. The normalized spacial score (nSPS) is 10.6. The number of para-hydroxylation sites is 1. The molecule has 0 aliphatic carbocycles. The Kier molecular flexibility index (Phi) is 4.78. The van der Waals surface area contributed by atoms with Crippen LogP contribution in [-0.2, 0) is 13.1 Å². The number of benzene rings is 1. The van der Waals surface area contributed by atoms with Crippen LogP contribution in [0.15, 0.2) is 55.0 Å². The molecule has 1 N–H and O–H groups in total. The summed E-state index contributed by atoms with van der Waals surface area (Å²) >= 11 is 1.69. The SMILES string of the molecule is COc1ccccc1CNCc1ncc(-c2cccnc2)s1. The van der Waals surface area contributed by atoms with Gasteiger partial charge in [-0.2, -0.15) is 0 Å². The molecule has 0 spiro atoms. The molecule has 5 heteroatoms. The average Bonchev–Trinajstić information content (AvgIpc) is 3.05. The second-order valence-corrected chi connectivity index (χ2v) is 5.89. The van der Waals surface area contributed by atoms with E-state index in [-0.39, 0.29) is 0 Å². The van der Waals surface area contributed by atoms with Crippen LogP contribution in [0.4, 0.5) is 0 Å². The van der Waals surface area contributed by atoms with E-state index in [2.05, 4.69) is 21.4 Å². The van der Waals surface area contributed by atoms with Crippen LogP contribution in [0, 0.1) is 0 Å². The number of methoxy groups -OCH3 is 1. The monoisotopic (exact) mass is 311 g/mol. The maximum Gasteiger partial charge on any atom is 0.123 e. The summed E-state index contributed by atoms with van der Waals surface area (Å²) in [4.78, 5) is 9.74. The van der Waals surface area contributed by atoms with Gasteiger partial charge < -0.3 is 10.1 Å². The Morgan fingerprint density at radius 1 is 1.09 bits per heavy atom. The summed E-state index contributed by atoms with van der Waals surface area (Å²) in [5, 5.41) is 4.47. The number of thiazole rings is 1. The fraction of sp³-hybridized carbons (Fsp3) is 0.176. The molecule has 0 saturated heterocycles. The summed E-state index contributed by atoms with van der Waals surface area (Å²) in [6, 6.07) is 12.0. The molecule has 0 atom stereocenters. The minimum atomic E-state index is 0.739. The molecule has 1 aromatic carbocycles. The molecular weight excluding hydrogens is 294 g/mol. The van der Waals surface area contributed by atoms with Crippen LogP contribution in [0.1, 0.15) is 10.6 Å². The van der Waals surface area contributed by atoms with E-state index in [1.807, 2.05) is 42.7 Å². The number of hydrogen-bond acceptors (Lipinski definition) is 5. The molecule has 4 nitrogen and oxygen atoms in total. The van der Waals surface area contributed by atoms with Crippen LogP contribution in [0.2, 0.25) is 0 Å². The van der Waals surface area contributed by atoms with Crippen molar-refractivity contribution in [3.63, 3.8) is 0 Å². The van der Waals surface area contributed by atoms with E-state index in [1.54, 1.807) is 24.6 Å². The van der Waals surface area contributed by atoms with Gasteiger partial charge in [-0.25, -0.2) is 4.98 Å². The van der Waals surface area contributed by atoms with Crippen LogP contribution >= 0.6 is 11.3 Å². The summed E-state index contributed by atoms with van der Waals surface area (Å²) in [5.74, 6) is 0.908. The molecule has 22 heavy (non-hydrogen) atoms. The Hall–Kier alpha value is -2.24. The maximum atomic E-state index is 5.35. The second-order valence-electron chi connectivity index (χ2n) is 4.78. The molecule has 0 radical (unpaired) electrons. The molecule has 0 unspecified atom stereocenters. The predicted octanol–water partition coefficient (Wildman–Crippen LogP) is 3.50. The van der Waals surface area contributed by atoms with Gasteiger partial charge in [-0.15, -0.1) is 11.3 Å². The molecule has 3 rings (SSSR count). The van der Waals surface area contributed by atoms with Gasteiger partial charge in [0.15, 0.2) is 0 Å². The first-order chi connectivity index (χ1) is 10.9. The lowest BCUT2D eigenvalue weighted by molar-refractivity contribution is 0.407. The van der Waals surface area contributed by atoms with Gasteiger partial charge in [0.2, 0.25) is 0 Å². The Labute approximate surface area is 133 Å². The number of nitrogens with zero attached hydrogens (tertiary/aromatic N) is 2. The van der Waals surface area contributed by atoms with Gasteiger partial charge in [-0.05, 0) is 12.1 Å². The molecular formula is C17H17N3OS. The number of rotatable bonds is 6. The highest BCUT2D eigenvalue weighted by Crippen LogP contribution is 2.25. The van der Waals surface area contributed by atoms with E-state index in [0.717, 1.165) is 39.9 Å². The van der Waals surface area contributed by atoms with Crippen molar-refractivity contribution in [1.82, 2.24) is 15.3 Å². The van der Waals surface area contributed by atoms with Crippen molar-refractivity contribution in [2.24, 2.45) is 0 Å². The number of hydrogen-bond donors (Lipinski definition) is 1. The molecule has 2 heterocycles. The van der Waals surface area contributed by atoms with E-state index in [4.69, 9.17) is 4.74 Å². The highest BCUT2D eigenvalue weighted by Gasteiger charge is 2.05. The van der Waals surface area contributed by atoms with Crippen molar-refractivity contribution in [3.05, 3.63) is 65.6 Å². The summed E-state index contributed by atoms with van der Waals surface area (Å²) in [6.45, 7) is 1.49. The van der Waals surface area contributed by atoms with Gasteiger partial charge in [0, 0.05) is 42.8 Å². The standard InChI is InChI=1S/C17H17N3OS/c1-21-15-7-3-2-5-13(15)9-19-12-17-20-11-16(22-17)14-6-4-8-18-10-14/h2-8,10-11,19H,9,12H2,1H3. The Morgan fingerprint density at radius 2 is 2.00 bits per heavy atom.